The van der Waals surface area contributed by atoms with Gasteiger partial charge in [0.2, 0.25) is 0 Å². The van der Waals surface area contributed by atoms with Crippen molar-refractivity contribution in [3.05, 3.63) is 95.1 Å². The zero-order valence-electron chi connectivity index (χ0n) is 45.4. The van der Waals surface area contributed by atoms with Crippen LogP contribution in [-0.4, -0.2) is 144 Å². The van der Waals surface area contributed by atoms with E-state index in [1.54, 1.807) is 12.1 Å². The Morgan fingerprint density at radius 1 is 0.364 bits per heavy atom. The standard InChI is InChI=1S/C26H34F4O4.C26H38O8.C4H10F3NS/c2*1-19(15-21-3-5-23(31-11-7-27)25(17-21)33-13-9-29)20(2)16-22-4-6-24(32-12-8-28)26(18-22)34-14-10-30;1-3-8(4-2)9(5,6)7/h3-6,17-20H,7-16H2,1-2H3;3-6,17-20,27-30H,7-16H2,1-2H3;3-4H2,1-2H3/t2*19-,20+;. The van der Waals surface area contributed by atoms with Crippen LogP contribution < -0.4 is 37.9 Å². The molecule has 0 aromatic heterocycles. The third-order valence-corrected chi connectivity index (χ3v) is 13.0. The van der Waals surface area contributed by atoms with Crippen molar-refractivity contribution in [3.63, 3.8) is 0 Å². The summed E-state index contributed by atoms with van der Waals surface area (Å²) in [4.78, 5) is 0. The average molecular weight is 1130 g/mol. The van der Waals surface area contributed by atoms with E-state index < -0.39 is 38.1 Å². The lowest BCUT2D eigenvalue weighted by molar-refractivity contribution is 0.178. The predicted octanol–water partition coefficient (Wildman–Crippen LogP) is 11.1. The Morgan fingerprint density at radius 3 is 0.753 bits per heavy atom. The lowest BCUT2D eigenvalue weighted by atomic mass is 9.85. The Labute approximate surface area is 452 Å². The van der Waals surface area contributed by atoms with Gasteiger partial charge in [-0.1, -0.05) is 65.8 Å². The van der Waals surface area contributed by atoms with Crippen LogP contribution in [0.15, 0.2) is 72.8 Å². The van der Waals surface area contributed by atoms with Crippen molar-refractivity contribution >= 4 is 11.4 Å². The first-order chi connectivity index (χ1) is 37.0. The summed E-state index contributed by atoms with van der Waals surface area (Å²) in [5.41, 5.74) is 4.21. The van der Waals surface area contributed by atoms with Crippen LogP contribution in [0.2, 0.25) is 0 Å². The largest absolute Gasteiger partial charge is 0.487 e. The molecule has 4 N–H and O–H groups in total. The van der Waals surface area contributed by atoms with Crippen molar-refractivity contribution in [1.29, 1.82) is 0 Å². The molecule has 0 spiro atoms. The van der Waals surface area contributed by atoms with Gasteiger partial charge in [0, 0.05) is 13.1 Å². The Kier molecular flexibility index (Phi) is 34.8. The third kappa shape index (κ3) is 26.4. The number of rotatable bonds is 37. The second-order valence-electron chi connectivity index (χ2n) is 17.8. The molecule has 77 heavy (non-hydrogen) atoms. The molecule has 0 fully saturated rings. The molecule has 0 amide bonds. The first-order valence-corrected chi connectivity index (χ1v) is 27.2. The quantitative estimate of drug-likeness (QED) is 0.0317. The first kappa shape index (κ1) is 68.0. The maximum Gasteiger partial charge on any atom is 0.278 e. The minimum atomic E-state index is -4.93. The molecule has 0 saturated carbocycles. The number of halogens is 7. The predicted molar refractivity (Wildman–Crippen MR) is 287 cm³/mol. The van der Waals surface area contributed by atoms with Crippen molar-refractivity contribution < 1.29 is 87.5 Å². The summed E-state index contributed by atoms with van der Waals surface area (Å²) in [6.07, 6.45) is 3.17. The number of hydrogen-bond donors (Lipinski definition) is 4. The van der Waals surface area contributed by atoms with Crippen molar-refractivity contribution in [2.24, 2.45) is 23.7 Å². The smallest absolute Gasteiger partial charge is 0.278 e. The van der Waals surface area contributed by atoms with E-state index in [0.717, 1.165) is 47.9 Å². The highest BCUT2D eigenvalue weighted by Gasteiger charge is 2.28. The van der Waals surface area contributed by atoms with Crippen LogP contribution in [0.4, 0.5) is 29.2 Å². The number of aliphatic hydroxyl groups is 4. The van der Waals surface area contributed by atoms with Gasteiger partial charge in [0.1, 0.15) is 79.6 Å². The number of aliphatic hydroxyl groups excluding tert-OH is 4. The monoisotopic (exact) mass is 1130 g/mol. The number of alkyl halides is 4. The fourth-order valence-corrected chi connectivity index (χ4v) is 8.26. The fraction of sp³-hybridized carbons (Fsp3) is 0.571. The van der Waals surface area contributed by atoms with Crippen LogP contribution in [0.25, 0.3) is 0 Å². The van der Waals surface area contributed by atoms with E-state index in [9.17, 15) is 29.2 Å². The van der Waals surface area contributed by atoms with Gasteiger partial charge < -0.3 is 58.3 Å². The van der Waals surface area contributed by atoms with Gasteiger partial charge in [0.05, 0.1) is 26.4 Å². The molecule has 13 nitrogen and oxygen atoms in total. The number of benzene rings is 4. The van der Waals surface area contributed by atoms with Crippen LogP contribution in [0.5, 0.6) is 46.0 Å². The van der Waals surface area contributed by atoms with Gasteiger partial charge in [-0.2, -0.15) is 4.31 Å². The summed E-state index contributed by atoms with van der Waals surface area (Å²) >= 11 is -4.93. The van der Waals surface area contributed by atoms with Crippen molar-refractivity contribution in [3.8, 4) is 46.0 Å². The van der Waals surface area contributed by atoms with Gasteiger partial charge in [-0.3, -0.25) is 0 Å². The number of nitrogens with zero attached hydrogens (tertiary/aromatic N) is 1. The van der Waals surface area contributed by atoms with Crippen LogP contribution >= 0.6 is 11.4 Å². The molecule has 438 valence electrons. The second-order valence-corrected chi connectivity index (χ2v) is 19.1. The normalized spacial score (nSPS) is 13.0. The van der Waals surface area contributed by atoms with Crippen LogP contribution in [0, 0.1) is 23.7 Å². The van der Waals surface area contributed by atoms with Crippen molar-refractivity contribution in [2.45, 2.75) is 67.2 Å². The van der Waals surface area contributed by atoms with E-state index in [1.165, 1.54) is 13.8 Å². The molecule has 0 aliphatic carbocycles. The van der Waals surface area contributed by atoms with Gasteiger partial charge in [-0.15, -0.1) is 11.7 Å². The summed E-state index contributed by atoms with van der Waals surface area (Å²) in [5.74, 6) is 5.10. The first-order valence-electron chi connectivity index (χ1n) is 25.9. The number of ether oxygens (including phenoxy) is 8. The van der Waals surface area contributed by atoms with E-state index in [2.05, 4.69) is 27.7 Å². The van der Waals surface area contributed by atoms with E-state index in [4.69, 9.17) is 58.3 Å². The average Bonchev–Trinajstić information content (AvgIpc) is 3.41. The zero-order chi connectivity index (χ0) is 57.0. The summed E-state index contributed by atoms with van der Waals surface area (Å²) in [5, 5.41) is 36.2. The molecule has 4 aromatic rings. The molecular formula is C56H82F7NO12S. The highest BCUT2D eigenvalue weighted by atomic mass is 32.3. The van der Waals surface area contributed by atoms with Crippen LogP contribution in [-0.2, 0) is 25.7 Å². The van der Waals surface area contributed by atoms with Crippen LogP contribution in [0.1, 0.15) is 63.8 Å². The van der Waals surface area contributed by atoms with Crippen molar-refractivity contribution in [1.82, 2.24) is 4.31 Å². The van der Waals surface area contributed by atoms with E-state index >= 15 is 0 Å². The lowest BCUT2D eigenvalue weighted by Gasteiger charge is -2.23. The molecule has 0 aliphatic heterocycles. The summed E-state index contributed by atoms with van der Waals surface area (Å²) in [6.45, 7) is 9.28. The SMILES string of the molecule is CCN(CC)S(F)(F)F.C[C@H](Cc1ccc(OCCF)c(OCCF)c1)[C@@H](C)Cc1ccc(OCCF)c(OCCF)c1.C[C@H](Cc1ccc(OCCO)c(OCCO)c1)[C@@H](C)Cc1ccc(OCCO)c(OCCO)c1. The molecule has 0 saturated heterocycles. The third-order valence-electron chi connectivity index (χ3n) is 11.9. The Balaban J connectivity index is 0.000000454. The molecule has 0 unspecified atom stereocenters. The summed E-state index contributed by atoms with van der Waals surface area (Å²) < 4.78 is 130. The van der Waals surface area contributed by atoms with Gasteiger partial charge in [-0.25, -0.2) is 17.6 Å². The fourth-order valence-electron chi connectivity index (χ4n) is 7.67. The minimum absolute atomic E-state index is 0.0648. The molecule has 4 atom stereocenters. The summed E-state index contributed by atoms with van der Waals surface area (Å²) in [7, 11) is 0. The van der Waals surface area contributed by atoms with Gasteiger partial charge in [0.15, 0.2) is 46.0 Å². The van der Waals surface area contributed by atoms with Crippen molar-refractivity contribution in [2.75, 3.05) is 119 Å². The maximum atomic E-state index is 12.6. The van der Waals surface area contributed by atoms with Gasteiger partial charge >= 0.3 is 0 Å². The van der Waals surface area contributed by atoms with E-state index in [1.807, 2.05) is 60.7 Å². The Hall–Kier alpha value is -5.06. The maximum absolute atomic E-state index is 12.6. The second kappa shape index (κ2) is 39.3. The Morgan fingerprint density at radius 2 is 0.571 bits per heavy atom. The van der Waals surface area contributed by atoms with E-state index in [-0.39, 0.29) is 104 Å². The molecular weight excluding hydrogens is 1040 g/mol. The van der Waals surface area contributed by atoms with Crippen LogP contribution in [0.3, 0.4) is 0 Å². The topological polar surface area (TPSA) is 158 Å². The van der Waals surface area contributed by atoms with Gasteiger partial charge in [0.25, 0.3) is 11.4 Å². The zero-order valence-corrected chi connectivity index (χ0v) is 46.2. The molecule has 4 rings (SSSR count). The highest BCUT2D eigenvalue weighted by Crippen LogP contribution is 2.56. The highest BCUT2D eigenvalue weighted by molar-refractivity contribution is 8.18. The molecule has 0 aliphatic rings. The minimum Gasteiger partial charge on any atom is -0.487 e. The molecule has 0 radical (unpaired) electrons. The molecule has 0 heterocycles. The number of hydrogen-bond acceptors (Lipinski definition) is 13. The molecule has 0 bridgehead atoms. The molecule has 21 heteroatoms. The van der Waals surface area contributed by atoms with Gasteiger partial charge in [-0.05, 0) is 120 Å². The van der Waals surface area contributed by atoms with E-state index in [0.29, 0.717) is 62.1 Å². The Bertz CT molecular complexity index is 1900. The molecule has 4 aromatic carbocycles. The summed E-state index contributed by atoms with van der Waals surface area (Å²) in [6, 6.07) is 22.4. The lowest BCUT2D eigenvalue weighted by Crippen LogP contribution is -2.19.